The Bertz CT molecular complexity index is 799. The zero-order valence-electron chi connectivity index (χ0n) is 11.6. The van der Waals surface area contributed by atoms with E-state index < -0.39 is 0 Å². The molecule has 0 fully saturated rings. The molecule has 0 spiro atoms. The number of fused-ring (bicyclic) bond motifs is 1. The summed E-state index contributed by atoms with van der Waals surface area (Å²) in [5, 5.41) is 5.94. The van der Waals surface area contributed by atoms with Gasteiger partial charge in [-0.25, -0.2) is 4.98 Å². The highest BCUT2D eigenvalue weighted by Crippen LogP contribution is 2.21. The Balaban J connectivity index is 1.57. The van der Waals surface area contributed by atoms with Gasteiger partial charge in [-0.2, -0.15) is 0 Å². The van der Waals surface area contributed by atoms with E-state index in [1.165, 1.54) is 0 Å². The number of imidazole rings is 1. The Morgan fingerprint density at radius 3 is 3.00 bits per heavy atom. The molecule has 0 atom stereocenters. The first-order valence-electron chi connectivity index (χ1n) is 6.73. The van der Waals surface area contributed by atoms with E-state index in [4.69, 9.17) is 23.2 Å². The van der Waals surface area contributed by atoms with Crippen LogP contribution in [-0.2, 0) is 17.6 Å². The number of hydrogen-bond acceptors (Lipinski definition) is 3. The summed E-state index contributed by atoms with van der Waals surface area (Å²) in [4.78, 5) is 17.3. The second-order valence-corrected chi connectivity index (χ2v) is 6.70. The first-order chi connectivity index (χ1) is 10.6. The predicted molar refractivity (Wildman–Crippen MR) is 89.9 cm³/mol. The molecular formula is C15H13Cl2N3OS. The van der Waals surface area contributed by atoms with Gasteiger partial charge in [-0.3, -0.25) is 4.79 Å². The summed E-state index contributed by atoms with van der Waals surface area (Å²) < 4.78 is 1.80. The molecule has 22 heavy (non-hydrogen) atoms. The third kappa shape index (κ3) is 3.61. The van der Waals surface area contributed by atoms with Crippen LogP contribution in [0.15, 0.2) is 36.0 Å². The maximum absolute atomic E-state index is 11.8. The lowest BCUT2D eigenvalue weighted by Gasteiger charge is -2.02. The van der Waals surface area contributed by atoms with Gasteiger partial charge in [0.25, 0.3) is 0 Å². The van der Waals surface area contributed by atoms with E-state index in [-0.39, 0.29) is 5.91 Å². The SMILES string of the molecule is O=C(Cc1cccs1)NCCc1cn2cc(Cl)cc(Cl)c2n1. The molecule has 0 bridgehead atoms. The monoisotopic (exact) mass is 353 g/mol. The van der Waals surface area contributed by atoms with Crippen LogP contribution in [-0.4, -0.2) is 21.8 Å². The van der Waals surface area contributed by atoms with Gasteiger partial charge in [0.15, 0.2) is 5.65 Å². The van der Waals surface area contributed by atoms with Gasteiger partial charge < -0.3 is 9.72 Å². The van der Waals surface area contributed by atoms with E-state index in [0.717, 1.165) is 10.6 Å². The number of rotatable bonds is 5. The molecule has 0 saturated heterocycles. The number of hydrogen-bond donors (Lipinski definition) is 1. The lowest BCUT2D eigenvalue weighted by atomic mass is 10.3. The van der Waals surface area contributed by atoms with Crippen LogP contribution in [0.3, 0.4) is 0 Å². The molecule has 7 heteroatoms. The normalized spacial score (nSPS) is 11.0. The van der Waals surface area contributed by atoms with Crippen molar-refractivity contribution in [1.29, 1.82) is 0 Å². The standard InChI is InChI=1S/C15H13Cl2N3OS/c16-10-6-13(17)15-19-11(9-20(15)8-10)3-4-18-14(21)7-12-2-1-5-22-12/h1-2,5-6,8-9H,3-4,7H2,(H,18,21). The van der Waals surface area contributed by atoms with Gasteiger partial charge in [0.05, 0.1) is 22.2 Å². The molecule has 1 N–H and O–H groups in total. The van der Waals surface area contributed by atoms with Crippen molar-refractivity contribution in [1.82, 2.24) is 14.7 Å². The zero-order chi connectivity index (χ0) is 15.5. The number of carbonyl (C=O) groups is 1. The fourth-order valence-corrected chi connectivity index (χ4v) is 3.39. The highest BCUT2D eigenvalue weighted by atomic mass is 35.5. The highest BCUT2D eigenvalue weighted by molar-refractivity contribution is 7.10. The summed E-state index contributed by atoms with van der Waals surface area (Å²) in [6.45, 7) is 0.541. The van der Waals surface area contributed by atoms with Crippen molar-refractivity contribution in [2.75, 3.05) is 6.54 Å². The molecular weight excluding hydrogens is 341 g/mol. The van der Waals surface area contributed by atoms with Gasteiger partial charge in [-0.05, 0) is 17.5 Å². The van der Waals surface area contributed by atoms with Gasteiger partial charge in [0.2, 0.25) is 5.91 Å². The quantitative estimate of drug-likeness (QED) is 0.761. The van der Waals surface area contributed by atoms with Crippen LogP contribution in [0, 0.1) is 0 Å². The Hall–Kier alpha value is -1.56. The molecule has 0 aliphatic heterocycles. The van der Waals surface area contributed by atoms with Crippen molar-refractivity contribution in [3.05, 3.63) is 56.6 Å². The minimum atomic E-state index is 0.0206. The summed E-state index contributed by atoms with van der Waals surface area (Å²) in [6.07, 6.45) is 4.70. The number of pyridine rings is 1. The second-order valence-electron chi connectivity index (χ2n) is 4.83. The topological polar surface area (TPSA) is 46.4 Å². The predicted octanol–water partition coefficient (Wildman–Crippen LogP) is 3.60. The van der Waals surface area contributed by atoms with Gasteiger partial charge in [0, 0.05) is 30.2 Å². The van der Waals surface area contributed by atoms with Crippen molar-refractivity contribution >= 4 is 46.1 Å². The summed E-state index contributed by atoms with van der Waals surface area (Å²) in [5.41, 5.74) is 1.53. The van der Waals surface area contributed by atoms with Crippen LogP contribution in [0.2, 0.25) is 10.0 Å². The van der Waals surface area contributed by atoms with E-state index in [2.05, 4.69) is 10.3 Å². The van der Waals surface area contributed by atoms with Gasteiger partial charge in [-0.15, -0.1) is 11.3 Å². The highest BCUT2D eigenvalue weighted by Gasteiger charge is 2.08. The van der Waals surface area contributed by atoms with Crippen molar-refractivity contribution in [3.8, 4) is 0 Å². The average molecular weight is 354 g/mol. The van der Waals surface area contributed by atoms with Gasteiger partial charge >= 0.3 is 0 Å². The van der Waals surface area contributed by atoms with Crippen molar-refractivity contribution in [3.63, 3.8) is 0 Å². The molecule has 0 radical (unpaired) electrons. The number of aromatic nitrogens is 2. The third-order valence-corrected chi connectivity index (χ3v) is 4.50. The van der Waals surface area contributed by atoms with Crippen LogP contribution in [0.4, 0.5) is 0 Å². The van der Waals surface area contributed by atoms with Crippen molar-refractivity contribution in [2.24, 2.45) is 0 Å². The molecule has 3 rings (SSSR count). The fraction of sp³-hybridized carbons (Fsp3) is 0.200. The number of carbonyl (C=O) groups excluding carboxylic acids is 1. The van der Waals surface area contributed by atoms with Crippen LogP contribution in [0.5, 0.6) is 0 Å². The van der Waals surface area contributed by atoms with Gasteiger partial charge in [0.1, 0.15) is 0 Å². The number of thiophene rings is 1. The van der Waals surface area contributed by atoms with E-state index in [0.29, 0.717) is 35.1 Å². The minimum Gasteiger partial charge on any atom is -0.355 e. The third-order valence-electron chi connectivity index (χ3n) is 3.14. The number of nitrogens with one attached hydrogen (secondary N) is 1. The van der Waals surface area contributed by atoms with E-state index >= 15 is 0 Å². The molecule has 4 nitrogen and oxygen atoms in total. The Kier molecular flexibility index (Phi) is 4.66. The summed E-state index contributed by atoms with van der Waals surface area (Å²) in [6, 6.07) is 5.56. The van der Waals surface area contributed by atoms with Crippen LogP contribution in [0.25, 0.3) is 5.65 Å². The first-order valence-corrected chi connectivity index (χ1v) is 8.37. The Morgan fingerprint density at radius 2 is 2.23 bits per heavy atom. The molecule has 114 valence electrons. The minimum absolute atomic E-state index is 0.0206. The first kappa shape index (κ1) is 15.3. The molecule has 3 heterocycles. The zero-order valence-corrected chi connectivity index (χ0v) is 13.9. The molecule has 3 aromatic heterocycles. The van der Waals surface area contributed by atoms with Crippen molar-refractivity contribution in [2.45, 2.75) is 12.8 Å². The van der Waals surface area contributed by atoms with Crippen LogP contribution >= 0.6 is 34.5 Å². The number of halogens is 2. The maximum Gasteiger partial charge on any atom is 0.225 e. The Labute approximate surface area is 141 Å². The maximum atomic E-state index is 11.8. The summed E-state index contributed by atoms with van der Waals surface area (Å²) >= 11 is 13.6. The Morgan fingerprint density at radius 1 is 1.36 bits per heavy atom. The molecule has 0 aromatic carbocycles. The lowest BCUT2D eigenvalue weighted by Crippen LogP contribution is -2.27. The average Bonchev–Trinajstić information content (AvgIpc) is 3.08. The van der Waals surface area contributed by atoms with E-state index in [9.17, 15) is 4.79 Å². The molecule has 0 saturated carbocycles. The lowest BCUT2D eigenvalue weighted by molar-refractivity contribution is -0.120. The van der Waals surface area contributed by atoms with Gasteiger partial charge in [-0.1, -0.05) is 29.3 Å². The molecule has 0 aliphatic carbocycles. The molecule has 0 aliphatic rings. The fourth-order valence-electron chi connectivity index (χ4n) is 2.16. The van der Waals surface area contributed by atoms with Crippen LogP contribution < -0.4 is 5.32 Å². The largest absolute Gasteiger partial charge is 0.355 e. The molecule has 1 amide bonds. The van der Waals surface area contributed by atoms with E-state index in [1.54, 1.807) is 28.0 Å². The smallest absolute Gasteiger partial charge is 0.225 e. The summed E-state index contributed by atoms with van der Waals surface area (Å²) in [5.74, 6) is 0.0206. The van der Waals surface area contributed by atoms with Crippen LogP contribution in [0.1, 0.15) is 10.6 Å². The second kappa shape index (κ2) is 6.69. The molecule has 3 aromatic rings. The molecule has 0 unspecified atom stereocenters. The van der Waals surface area contributed by atoms with Crippen molar-refractivity contribution < 1.29 is 4.79 Å². The number of nitrogens with zero attached hydrogens (tertiary/aromatic N) is 2. The van der Waals surface area contributed by atoms with E-state index in [1.807, 2.05) is 23.7 Å². The summed E-state index contributed by atoms with van der Waals surface area (Å²) in [7, 11) is 0. The number of amides is 1.